The van der Waals surface area contributed by atoms with E-state index in [1.54, 1.807) is 0 Å². The molecular formula is C16H14N4. The van der Waals surface area contributed by atoms with E-state index in [1.165, 1.54) is 0 Å². The molecule has 0 aliphatic heterocycles. The molecular weight excluding hydrogens is 248 g/mol. The standard InChI is InChI=1S/C16H14N4/c1-11-3-9-15(19-17-11)13-5-7-14(8-6-13)16-10-4-12(2)18-20-16/h3-10H,1-2H3. The topological polar surface area (TPSA) is 51.6 Å². The van der Waals surface area contributed by atoms with Gasteiger partial charge in [-0.1, -0.05) is 24.3 Å². The van der Waals surface area contributed by atoms with Gasteiger partial charge in [0.1, 0.15) is 0 Å². The predicted molar refractivity (Wildman–Crippen MR) is 78.0 cm³/mol. The predicted octanol–water partition coefficient (Wildman–Crippen LogP) is 3.22. The minimum Gasteiger partial charge on any atom is -0.155 e. The van der Waals surface area contributed by atoms with Crippen LogP contribution in [0.1, 0.15) is 11.4 Å². The van der Waals surface area contributed by atoms with Crippen molar-refractivity contribution in [3.05, 3.63) is 59.9 Å². The van der Waals surface area contributed by atoms with Gasteiger partial charge in [-0.2, -0.15) is 20.4 Å². The highest BCUT2D eigenvalue weighted by atomic mass is 15.1. The van der Waals surface area contributed by atoms with Gasteiger partial charge < -0.3 is 0 Å². The molecule has 2 heterocycles. The molecule has 4 heteroatoms. The van der Waals surface area contributed by atoms with Crippen molar-refractivity contribution < 1.29 is 0 Å². The van der Waals surface area contributed by atoms with Crippen molar-refractivity contribution >= 4 is 0 Å². The summed E-state index contributed by atoms with van der Waals surface area (Å²) in [6.07, 6.45) is 0. The van der Waals surface area contributed by atoms with E-state index in [1.807, 2.05) is 62.4 Å². The first kappa shape index (κ1) is 12.4. The van der Waals surface area contributed by atoms with Crippen LogP contribution in [0.2, 0.25) is 0 Å². The molecule has 3 rings (SSSR count). The van der Waals surface area contributed by atoms with E-state index in [2.05, 4.69) is 20.4 Å². The number of aromatic nitrogens is 4. The zero-order chi connectivity index (χ0) is 13.9. The van der Waals surface area contributed by atoms with Gasteiger partial charge in [-0.25, -0.2) is 0 Å². The van der Waals surface area contributed by atoms with Crippen LogP contribution in [-0.2, 0) is 0 Å². The van der Waals surface area contributed by atoms with Crippen LogP contribution >= 0.6 is 0 Å². The quantitative estimate of drug-likeness (QED) is 0.711. The molecule has 20 heavy (non-hydrogen) atoms. The van der Waals surface area contributed by atoms with Gasteiger partial charge in [0.25, 0.3) is 0 Å². The Morgan fingerprint density at radius 3 is 1.20 bits per heavy atom. The third-order valence-corrected chi connectivity index (χ3v) is 3.07. The highest BCUT2D eigenvalue weighted by Gasteiger charge is 2.03. The molecule has 3 aromatic rings. The molecule has 0 N–H and O–H groups in total. The largest absolute Gasteiger partial charge is 0.155 e. The van der Waals surface area contributed by atoms with E-state index < -0.39 is 0 Å². The number of nitrogens with zero attached hydrogens (tertiary/aromatic N) is 4. The number of rotatable bonds is 2. The molecule has 0 radical (unpaired) electrons. The van der Waals surface area contributed by atoms with Gasteiger partial charge in [0, 0.05) is 11.1 Å². The van der Waals surface area contributed by atoms with Crippen LogP contribution < -0.4 is 0 Å². The first-order valence-electron chi connectivity index (χ1n) is 6.44. The van der Waals surface area contributed by atoms with Crippen molar-refractivity contribution in [3.63, 3.8) is 0 Å². The summed E-state index contributed by atoms with van der Waals surface area (Å²) in [6.45, 7) is 3.85. The Bertz CT molecular complexity index is 636. The molecule has 0 atom stereocenters. The molecule has 4 nitrogen and oxygen atoms in total. The van der Waals surface area contributed by atoms with Gasteiger partial charge in [0.2, 0.25) is 0 Å². The van der Waals surface area contributed by atoms with E-state index in [0.29, 0.717) is 0 Å². The maximum absolute atomic E-state index is 4.18. The zero-order valence-electron chi connectivity index (χ0n) is 11.4. The van der Waals surface area contributed by atoms with Crippen LogP contribution in [0.4, 0.5) is 0 Å². The van der Waals surface area contributed by atoms with Crippen LogP contribution in [0.15, 0.2) is 48.5 Å². The van der Waals surface area contributed by atoms with E-state index in [9.17, 15) is 0 Å². The molecule has 0 bridgehead atoms. The summed E-state index contributed by atoms with van der Waals surface area (Å²) in [4.78, 5) is 0. The molecule has 0 saturated heterocycles. The van der Waals surface area contributed by atoms with Crippen LogP contribution in [0.3, 0.4) is 0 Å². The number of benzene rings is 1. The molecule has 0 aliphatic carbocycles. The molecule has 0 fully saturated rings. The molecule has 0 amide bonds. The maximum Gasteiger partial charge on any atom is 0.0929 e. The molecule has 98 valence electrons. The second kappa shape index (κ2) is 5.17. The summed E-state index contributed by atoms with van der Waals surface area (Å²) in [5.41, 5.74) is 5.66. The summed E-state index contributed by atoms with van der Waals surface area (Å²) >= 11 is 0. The van der Waals surface area contributed by atoms with Gasteiger partial charge in [-0.05, 0) is 38.1 Å². The first-order valence-corrected chi connectivity index (χ1v) is 6.44. The number of hydrogen-bond acceptors (Lipinski definition) is 4. The number of hydrogen-bond donors (Lipinski definition) is 0. The molecule has 0 aliphatic rings. The maximum atomic E-state index is 4.18. The summed E-state index contributed by atoms with van der Waals surface area (Å²) in [5, 5.41) is 16.5. The van der Waals surface area contributed by atoms with Crippen LogP contribution in [-0.4, -0.2) is 20.4 Å². The smallest absolute Gasteiger partial charge is 0.0929 e. The third-order valence-electron chi connectivity index (χ3n) is 3.07. The van der Waals surface area contributed by atoms with Crippen molar-refractivity contribution in [2.45, 2.75) is 13.8 Å². The molecule has 0 saturated carbocycles. The average Bonchev–Trinajstić information content (AvgIpc) is 2.49. The minimum atomic E-state index is 0.872. The number of aryl methyl sites for hydroxylation is 2. The monoisotopic (exact) mass is 262 g/mol. The normalized spacial score (nSPS) is 10.5. The summed E-state index contributed by atoms with van der Waals surface area (Å²) < 4.78 is 0. The SMILES string of the molecule is Cc1ccc(-c2ccc(-c3ccc(C)nn3)cc2)nn1. The minimum absolute atomic E-state index is 0.872. The first-order chi connectivity index (χ1) is 9.72. The van der Waals surface area contributed by atoms with Crippen molar-refractivity contribution in [3.8, 4) is 22.5 Å². The Morgan fingerprint density at radius 1 is 0.500 bits per heavy atom. The Kier molecular flexibility index (Phi) is 3.21. The van der Waals surface area contributed by atoms with Gasteiger partial charge in [0.05, 0.1) is 22.8 Å². The van der Waals surface area contributed by atoms with Crippen molar-refractivity contribution in [2.75, 3.05) is 0 Å². The van der Waals surface area contributed by atoms with Crippen molar-refractivity contribution in [2.24, 2.45) is 0 Å². The van der Waals surface area contributed by atoms with Crippen molar-refractivity contribution in [1.82, 2.24) is 20.4 Å². The van der Waals surface area contributed by atoms with E-state index in [-0.39, 0.29) is 0 Å². The van der Waals surface area contributed by atoms with E-state index >= 15 is 0 Å². The summed E-state index contributed by atoms with van der Waals surface area (Å²) in [5.74, 6) is 0. The van der Waals surface area contributed by atoms with Gasteiger partial charge >= 0.3 is 0 Å². The van der Waals surface area contributed by atoms with Crippen LogP contribution in [0, 0.1) is 13.8 Å². The van der Waals surface area contributed by atoms with E-state index in [0.717, 1.165) is 33.9 Å². The second-order valence-electron chi connectivity index (χ2n) is 4.70. The van der Waals surface area contributed by atoms with Gasteiger partial charge in [-0.3, -0.25) is 0 Å². The third kappa shape index (κ3) is 2.54. The van der Waals surface area contributed by atoms with Gasteiger partial charge in [0.15, 0.2) is 0 Å². The lowest BCUT2D eigenvalue weighted by atomic mass is 10.1. The Labute approximate surface area is 117 Å². The lowest BCUT2D eigenvalue weighted by Crippen LogP contribution is -1.91. The summed E-state index contributed by atoms with van der Waals surface area (Å²) in [7, 11) is 0. The fourth-order valence-electron chi connectivity index (χ4n) is 1.92. The Morgan fingerprint density at radius 2 is 0.900 bits per heavy atom. The van der Waals surface area contributed by atoms with E-state index in [4.69, 9.17) is 0 Å². The zero-order valence-corrected chi connectivity index (χ0v) is 11.4. The van der Waals surface area contributed by atoms with Crippen LogP contribution in [0.5, 0.6) is 0 Å². The van der Waals surface area contributed by atoms with Crippen molar-refractivity contribution in [1.29, 1.82) is 0 Å². The van der Waals surface area contributed by atoms with Gasteiger partial charge in [-0.15, -0.1) is 0 Å². The fraction of sp³-hybridized carbons (Fsp3) is 0.125. The molecule has 2 aromatic heterocycles. The average molecular weight is 262 g/mol. The molecule has 0 unspecified atom stereocenters. The Hall–Kier alpha value is -2.62. The molecule has 1 aromatic carbocycles. The Balaban J connectivity index is 1.91. The van der Waals surface area contributed by atoms with Crippen LogP contribution in [0.25, 0.3) is 22.5 Å². The highest BCUT2D eigenvalue weighted by molar-refractivity contribution is 5.66. The fourth-order valence-corrected chi connectivity index (χ4v) is 1.92. The summed E-state index contributed by atoms with van der Waals surface area (Å²) in [6, 6.07) is 16.0. The molecule has 0 spiro atoms. The lowest BCUT2D eigenvalue weighted by Gasteiger charge is -2.03. The lowest BCUT2D eigenvalue weighted by molar-refractivity contribution is 0.985. The second-order valence-corrected chi connectivity index (χ2v) is 4.70. The highest BCUT2D eigenvalue weighted by Crippen LogP contribution is 2.21.